The summed E-state index contributed by atoms with van der Waals surface area (Å²) in [5, 5.41) is 0. The lowest BCUT2D eigenvalue weighted by molar-refractivity contribution is -0.171. The highest BCUT2D eigenvalue weighted by Gasteiger charge is 2.39. The van der Waals surface area contributed by atoms with Crippen LogP contribution >= 0.6 is 0 Å². The minimum Gasteiger partial charge on any atom is -0.463 e. The first kappa shape index (κ1) is 13.6. The van der Waals surface area contributed by atoms with Gasteiger partial charge in [0.15, 0.2) is 5.79 Å². The lowest BCUT2D eigenvalue weighted by Gasteiger charge is -2.33. The van der Waals surface area contributed by atoms with Crippen LogP contribution in [0.1, 0.15) is 46.0 Å². The highest BCUT2D eigenvalue weighted by atomic mass is 16.7. The summed E-state index contributed by atoms with van der Waals surface area (Å²) in [6.45, 7) is 5.67. The van der Waals surface area contributed by atoms with E-state index in [0.29, 0.717) is 19.8 Å². The third kappa shape index (κ3) is 2.75. The molecular weight excluding hydrogens is 232 g/mol. The molecule has 1 aliphatic heterocycles. The van der Waals surface area contributed by atoms with Crippen LogP contribution in [0.5, 0.6) is 0 Å². The number of ether oxygens (including phenoxy) is 3. The van der Waals surface area contributed by atoms with Crippen molar-refractivity contribution in [3.8, 4) is 0 Å². The number of esters is 1. The van der Waals surface area contributed by atoms with E-state index in [0.717, 1.165) is 37.7 Å². The van der Waals surface area contributed by atoms with Gasteiger partial charge >= 0.3 is 5.97 Å². The number of carbonyl (C=O) groups is 1. The van der Waals surface area contributed by atoms with Gasteiger partial charge < -0.3 is 14.2 Å². The summed E-state index contributed by atoms with van der Waals surface area (Å²) in [4.78, 5) is 11.8. The zero-order valence-corrected chi connectivity index (χ0v) is 11.3. The topological polar surface area (TPSA) is 44.8 Å². The van der Waals surface area contributed by atoms with Gasteiger partial charge in [0.1, 0.15) is 0 Å². The largest absolute Gasteiger partial charge is 0.463 e. The summed E-state index contributed by atoms with van der Waals surface area (Å²) in [5.74, 6) is -0.518. The second-order valence-corrected chi connectivity index (χ2v) is 4.76. The fourth-order valence-electron chi connectivity index (χ4n) is 2.78. The van der Waals surface area contributed by atoms with Crippen molar-refractivity contribution in [2.75, 3.05) is 19.8 Å². The molecule has 0 unspecified atom stereocenters. The molecule has 0 aromatic rings. The van der Waals surface area contributed by atoms with Crippen molar-refractivity contribution in [1.29, 1.82) is 0 Å². The van der Waals surface area contributed by atoms with Gasteiger partial charge in [-0.2, -0.15) is 0 Å². The molecule has 102 valence electrons. The maximum absolute atomic E-state index is 11.8. The Morgan fingerprint density at radius 3 is 2.33 bits per heavy atom. The van der Waals surface area contributed by atoms with E-state index in [1.165, 1.54) is 5.57 Å². The van der Waals surface area contributed by atoms with Crippen molar-refractivity contribution >= 4 is 5.97 Å². The van der Waals surface area contributed by atoms with Crippen LogP contribution in [0.4, 0.5) is 0 Å². The Morgan fingerprint density at radius 1 is 1.22 bits per heavy atom. The van der Waals surface area contributed by atoms with E-state index >= 15 is 0 Å². The molecule has 0 aromatic heterocycles. The molecule has 0 radical (unpaired) electrons. The molecule has 1 saturated carbocycles. The predicted octanol–water partition coefficient (Wildman–Crippen LogP) is 2.57. The van der Waals surface area contributed by atoms with E-state index in [4.69, 9.17) is 14.2 Å². The highest BCUT2D eigenvalue weighted by molar-refractivity contribution is 5.89. The van der Waals surface area contributed by atoms with Gasteiger partial charge in [-0.1, -0.05) is 12.5 Å². The molecule has 0 amide bonds. The van der Waals surface area contributed by atoms with E-state index in [-0.39, 0.29) is 11.8 Å². The second kappa shape index (κ2) is 5.85. The lowest BCUT2D eigenvalue weighted by Crippen LogP contribution is -2.33. The normalized spacial score (nSPS) is 22.2. The molecule has 18 heavy (non-hydrogen) atoms. The van der Waals surface area contributed by atoms with E-state index < -0.39 is 0 Å². The van der Waals surface area contributed by atoms with Gasteiger partial charge in [0.25, 0.3) is 0 Å². The van der Waals surface area contributed by atoms with Crippen molar-refractivity contribution in [3.05, 3.63) is 11.1 Å². The standard InChI is InChI=1S/C14H22O4/c1-3-12(13(15)16-4-2)11-5-7-14(8-6-11)17-9-10-18-14/h3-10H2,1-2H3. The Hall–Kier alpha value is -0.870. The van der Waals surface area contributed by atoms with E-state index in [2.05, 4.69) is 0 Å². The van der Waals surface area contributed by atoms with Crippen LogP contribution in [0.15, 0.2) is 11.1 Å². The van der Waals surface area contributed by atoms with Crippen molar-refractivity contribution in [3.63, 3.8) is 0 Å². The Labute approximate surface area is 108 Å². The smallest absolute Gasteiger partial charge is 0.333 e. The first-order valence-corrected chi connectivity index (χ1v) is 6.86. The van der Waals surface area contributed by atoms with Gasteiger partial charge in [0.2, 0.25) is 0 Å². The van der Waals surface area contributed by atoms with Crippen LogP contribution in [0.2, 0.25) is 0 Å². The summed E-state index contributed by atoms with van der Waals surface area (Å²) in [7, 11) is 0. The molecular formula is C14H22O4. The fraction of sp³-hybridized carbons (Fsp3) is 0.786. The molecule has 1 heterocycles. The molecule has 1 spiro atoms. The molecule has 0 N–H and O–H groups in total. The van der Waals surface area contributed by atoms with Gasteiger partial charge in [-0.25, -0.2) is 4.79 Å². The third-order valence-corrected chi connectivity index (χ3v) is 3.73. The quantitative estimate of drug-likeness (QED) is 0.573. The van der Waals surface area contributed by atoms with Crippen LogP contribution < -0.4 is 0 Å². The minimum absolute atomic E-state index is 0.154. The van der Waals surface area contributed by atoms with Crippen LogP contribution in [0.3, 0.4) is 0 Å². The molecule has 2 aliphatic rings. The Balaban J connectivity index is 2.03. The molecule has 4 nitrogen and oxygen atoms in total. The van der Waals surface area contributed by atoms with Gasteiger partial charge in [-0.3, -0.25) is 0 Å². The fourth-order valence-corrected chi connectivity index (χ4v) is 2.78. The summed E-state index contributed by atoms with van der Waals surface area (Å²) in [6.07, 6.45) is 4.20. The van der Waals surface area contributed by atoms with Crippen molar-refractivity contribution in [2.24, 2.45) is 0 Å². The molecule has 2 fully saturated rings. The number of rotatable bonds is 3. The SMILES string of the molecule is CCOC(=O)C(CC)=C1CCC2(CC1)OCCO2. The average Bonchev–Trinajstić information content (AvgIpc) is 2.82. The predicted molar refractivity (Wildman–Crippen MR) is 67.1 cm³/mol. The number of allylic oxidation sites excluding steroid dienone is 1. The second-order valence-electron chi connectivity index (χ2n) is 4.76. The van der Waals surface area contributed by atoms with E-state index in [1.807, 2.05) is 13.8 Å². The number of hydrogen-bond acceptors (Lipinski definition) is 4. The molecule has 1 saturated heterocycles. The first-order chi connectivity index (χ1) is 8.71. The molecule has 2 rings (SSSR count). The minimum atomic E-state index is -0.364. The van der Waals surface area contributed by atoms with Crippen LogP contribution in [0, 0.1) is 0 Å². The summed E-state index contributed by atoms with van der Waals surface area (Å²) < 4.78 is 16.5. The third-order valence-electron chi connectivity index (χ3n) is 3.73. The number of carbonyl (C=O) groups excluding carboxylic acids is 1. The van der Waals surface area contributed by atoms with Gasteiger partial charge in [0, 0.05) is 18.4 Å². The molecule has 0 atom stereocenters. The van der Waals surface area contributed by atoms with Crippen LogP contribution in [-0.2, 0) is 19.0 Å². The van der Waals surface area contributed by atoms with Crippen molar-refractivity contribution in [1.82, 2.24) is 0 Å². The zero-order valence-electron chi connectivity index (χ0n) is 11.3. The molecule has 1 aliphatic carbocycles. The molecule has 0 aromatic carbocycles. The summed E-state index contributed by atoms with van der Waals surface area (Å²) >= 11 is 0. The Bertz CT molecular complexity index is 328. The highest BCUT2D eigenvalue weighted by Crippen LogP contribution is 2.39. The van der Waals surface area contributed by atoms with E-state index in [9.17, 15) is 4.79 Å². The zero-order chi connectivity index (χ0) is 13.0. The molecule has 4 heteroatoms. The van der Waals surface area contributed by atoms with Crippen LogP contribution in [0.25, 0.3) is 0 Å². The lowest BCUT2D eigenvalue weighted by atomic mass is 9.86. The monoisotopic (exact) mass is 254 g/mol. The van der Waals surface area contributed by atoms with Gasteiger partial charge in [-0.05, 0) is 26.2 Å². The molecule has 0 bridgehead atoms. The Morgan fingerprint density at radius 2 is 1.83 bits per heavy atom. The average molecular weight is 254 g/mol. The summed E-state index contributed by atoms with van der Waals surface area (Å²) in [5.41, 5.74) is 2.07. The van der Waals surface area contributed by atoms with Gasteiger partial charge in [-0.15, -0.1) is 0 Å². The van der Waals surface area contributed by atoms with Crippen molar-refractivity contribution in [2.45, 2.75) is 51.7 Å². The Kier molecular flexibility index (Phi) is 4.40. The van der Waals surface area contributed by atoms with Crippen LogP contribution in [-0.4, -0.2) is 31.6 Å². The first-order valence-electron chi connectivity index (χ1n) is 6.86. The maximum atomic E-state index is 11.8. The number of hydrogen-bond donors (Lipinski definition) is 0. The maximum Gasteiger partial charge on any atom is 0.333 e. The van der Waals surface area contributed by atoms with Crippen molar-refractivity contribution < 1.29 is 19.0 Å². The van der Waals surface area contributed by atoms with Gasteiger partial charge in [0.05, 0.1) is 19.8 Å². The summed E-state index contributed by atoms with van der Waals surface area (Å²) in [6, 6.07) is 0. The van der Waals surface area contributed by atoms with E-state index in [1.54, 1.807) is 0 Å².